The van der Waals surface area contributed by atoms with Gasteiger partial charge in [0.25, 0.3) is 0 Å². The quantitative estimate of drug-likeness (QED) is 0.727. The van der Waals surface area contributed by atoms with Gasteiger partial charge >= 0.3 is 0 Å². The van der Waals surface area contributed by atoms with E-state index in [0.717, 1.165) is 16.8 Å². The molecule has 3 rings (SSSR count). The van der Waals surface area contributed by atoms with E-state index in [-0.39, 0.29) is 12.0 Å². The highest BCUT2D eigenvalue weighted by Gasteiger charge is 2.18. The minimum Gasteiger partial charge on any atom is -0.346 e. The molecule has 4 N–H and O–H groups in total. The van der Waals surface area contributed by atoms with E-state index in [1.807, 2.05) is 50.2 Å². The molecule has 0 saturated carbocycles. The van der Waals surface area contributed by atoms with Crippen molar-refractivity contribution >= 4 is 0 Å². The van der Waals surface area contributed by atoms with Gasteiger partial charge in [0.1, 0.15) is 5.69 Å². The van der Waals surface area contributed by atoms with Crippen LogP contribution < -0.4 is 5.73 Å². The Hall–Kier alpha value is -2.53. The molecule has 1 unspecified atom stereocenters. The Kier molecular flexibility index (Phi) is 4.21. The van der Waals surface area contributed by atoms with Crippen LogP contribution in [0.1, 0.15) is 42.6 Å². The van der Waals surface area contributed by atoms with E-state index in [1.54, 1.807) is 12.3 Å². The highest BCUT2D eigenvalue weighted by Crippen LogP contribution is 2.24. The molecule has 2 heterocycles. The van der Waals surface area contributed by atoms with Gasteiger partial charge in [0, 0.05) is 22.9 Å². The van der Waals surface area contributed by atoms with Crippen LogP contribution in [-0.2, 0) is 0 Å². The largest absolute Gasteiger partial charge is 0.346 e. The summed E-state index contributed by atoms with van der Waals surface area (Å²) in [5, 5.41) is 6.91. The number of aromatic amines is 1. The molecule has 1 atom stereocenters. The van der Waals surface area contributed by atoms with Gasteiger partial charge in [0.05, 0.1) is 5.69 Å². The van der Waals surface area contributed by atoms with Crippen LogP contribution in [0, 0.1) is 5.95 Å². The van der Waals surface area contributed by atoms with E-state index in [1.165, 1.54) is 0 Å². The smallest absolute Gasteiger partial charge is 0.216 e. The zero-order chi connectivity index (χ0) is 16.4. The van der Waals surface area contributed by atoms with Crippen LogP contribution in [0.5, 0.6) is 0 Å². The maximum absolute atomic E-state index is 14.1. The van der Waals surface area contributed by atoms with Crippen molar-refractivity contribution in [3.05, 3.63) is 71.4 Å². The molecule has 0 radical (unpaired) electrons. The molecule has 0 amide bonds. The van der Waals surface area contributed by atoms with Crippen molar-refractivity contribution in [2.75, 3.05) is 0 Å². The molecule has 23 heavy (non-hydrogen) atoms. The molecule has 0 aliphatic rings. The number of nitrogens with one attached hydrogen (secondary N) is 1. The molecule has 3 aromatic rings. The van der Waals surface area contributed by atoms with Crippen LogP contribution in [0.4, 0.5) is 4.39 Å². The van der Waals surface area contributed by atoms with Crippen molar-refractivity contribution in [2.45, 2.75) is 25.8 Å². The van der Waals surface area contributed by atoms with Crippen LogP contribution in [0.2, 0.25) is 0 Å². The fourth-order valence-electron chi connectivity index (χ4n) is 2.59. The Labute approximate surface area is 134 Å². The van der Waals surface area contributed by atoms with Gasteiger partial charge in [-0.25, -0.2) is 4.98 Å². The first-order valence-electron chi connectivity index (χ1n) is 7.65. The Morgan fingerprint density at radius 1 is 1.13 bits per heavy atom. The average molecular weight is 311 g/mol. The predicted molar refractivity (Wildman–Crippen MR) is 87.0 cm³/mol. The van der Waals surface area contributed by atoms with E-state index in [0.29, 0.717) is 11.3 Å². The molecule has 1 aromatic carbocycles. The number of halogens is 1. The maximum Gasteiger partial charge on any atom is 0.216 e. The summed E-state index contributed by atoms with van der Waals surface area (Å²) in [5.74, 6) is -0.292. The van der Waals surface area contributed by atoms with E-state index >= 15 is 0 Å². The van der Waals surface area contributed by atoms with Crippen molar-refractivity contribution in [3.8, 4) is 11.3 Å². The lowest BCUT2D eigenvalue weighted by molar-refractivity contribution is -0.412. The van der Waals surface area contributed by atoms with Gasteiger partial charge in [0.2, 0.25) is 5.95 Å². The summed E-state index contributed by atoms with van der Waals surface area (Å²) in [6, 6.07) is 13.3. The Bertz CT molecular complexity index is 797. The van der Waals surface area contributed by atoms with Gasteiger partial charge in [-0.2, -0.15) is 9.49 Å². The second-order valence-corrected chi connectivity index (χ2v) is 5.92. The van der Waals surface area contributed by atoms with Crippen LogP contribution in [0.3, 0.4) is 0 Å². The third-order valence-corrected chi connectivity index (χ3v) is 3.98. The van der Waals surface area contributed by atoms with Crippen molar-refractivity contribution < 1.29 is 10.1 Å². The molecule has 118 valence electrons. The summed E-state index contributed by atoms with van der Waals surface area (Å²) in [6.07, 6.45) is 1.71. The van der Waals surface area contributed by atoms with E-state index in [9.17, 15) is 4.39 Å². The summed E-state index contributed by atoms with van der Waals surface area (Å²) in [7, 11) is 0. The Morgan fingerprint density at radius 3 is 2.61 bits per heavy atom. The number of hydrogen-bond acceptors (Lipinski definition) is 2. The second-order valence-electron chi connectivity index (χ2n) is 5.92. The topological polar surface area (TPSA) is 69.2 Å². The lowest BCUT2D eigenvalue weighted by Gasteiger charge is -2.12. The monoisotopic (exact) mass is 311 g/mol. The first kappa shape index (κ1) is 15.4. The molecular weight excluding hydrogens is 291 g/mol. The number of hydrogen-bond donors (Lipinski definition) is 2. The average Bonchev–Trinajstić information content (AvgIpc) is 3.08. The molecule has 0 aliphatic carbocycles. The molecular formula is C18H20FN4+. The number of quaternary nitrogens is 1. The third kappa shape index (κ3) is 3.14. The predicted octanol–water partition coefficient (Wildman–Crippen LogP) is 3.07. The minimum absolute atomic E-state index is 0.114. The van der Waals surface area contributed by atoms with Crippen molar-refractivity contribution in [1.29, 1.82) is 0 Å². The summed E-state index contributed by atoms with van der Waals surface area (Å²) >= 11 is 0. The molecule has 0 bridgehead atoms. The van der Waals surface area contributed by atoms with Crippen molar-refractivity contribution in [2.24, 2.45) is 0 Å². The van der Waals surface area contributed by atoms with Gasteiger partial charge < -0.3 is 5.73 Å². The van der Waals surface area contributed by atoms with Crippen LogP contribution >= 0.6 is 0 Å². The maximum atomic E-state index is 14.1. The lowest BCUT2D eigenvalue weighted by atomic mass is 9.99. The first-order chi connectivity index (χ1) is 11.1. The standard InChI is InChI=1S/C18H19FN4/c1-11(2)14-6-7-16(22-18(14)19)17(20)13-5-3-4-12(10-13)15-8-9-21-23-15/h3-11,17H,20H2,1-2H3,(H,21,23)/p+1. The number of pyridine rings is 1. The van der Waals surface area contributed by atoms with Gasteiger partial charge in [0.15, 0.2) is 6.04 Å². The molecule has 0 fully saturated rings. The number of nitrogens with zero attached hydrogens (tertiary/aromatic N) is 2. The van der Waals surface area contributed by atoms with E-state index in [4.69, 9.17) is 0 Å². The number of rotatable bonds is 4. The SMILES string of the molecule is CC(C)c1ccc(C([NH3+])c2cccc(-c3ccn[nH]3)c2)nc1F. The fourth-order valence-corrected chi connectivity index (χ4v) is 2.59. The molecule has 5 heteroatoms. The van der Waals surface area contributed by atoms with Crippen molar-refractivity contribution in [1.82, 2.24) is 15.2 Å². The van der Waals surface area contributed by atoms with Crippen LogP contribution in [-0.4, -0.2) is 15.2 Å². The second kappa shape index (κ2) is 6.30. The van der Waals surface area contributed by atoms with Crippen LogP contribution in [0.15, 0.2) is 48.7 Å². The van der Waals surface area contributed by atoms with Gasteiger partial charge in [-0.05, 0) is 24.1 Å². The highest BCUT2D eigenvalue weighted by atomic mass is 19.1. The number of H-pyrrole nitrogens is 1. The van der Waals surface area contributed by atoms with E-state index in [2.05, 4.69) is 20.9 Å². The minimum atomic E-state index is -0.407. The lowest BCUT2D eigenvalue weighted by Crippen LogP contribution is -2.54. The zero-order valence-electron chi connectivity index (χ0n) is 13.3. The Balaban J connectivity index is 1.93. The summed E-state index contributed by atoms with van der Waals surface area (Å²) in [4.78, 5) is 4.11. The highest BCUT2D eigenvalue weighted by molar-refractivity contribution is 5.59. The van der Waals surface area contributed by atoms with Gasteiger partial charge in [-0.1, -0.05) is 38.1 Å². The fraction of sp³-hybridized carbons (Fsp3) is 0.222. The summed E-state index contributed by atoms with van der Waals surface area (Å²) in [6.45, 7) is 3.91. The van der Waals surface area contributed by atoms with Gasteiger partial charge in [-0.3, -0.25) is 5.10 Å². The molecule has 4 nitrogen and oxygen atoms in total. The molecule has 0 spiro atoms. The normalized spacial score (nSPS) is 12.6. The zero-order valence-corrected chi connectivity index (χ0v) is 13.3. The third-order valence-electron chi connectivity index (χ3n) is 3.98. The molecule has 0 saturated heterocycles. The summed E-state index contributed by atoms with van der Waals surface area (Å²) in [5.41, 5.74) is 8.37. The number of aromatic nitrogens is 3. The number of benzene rings is 1. The van der Waals surface area contributed by atoms with Crippen LogP contribution in [0.25, 0.3) is 11.3 Å². The van der Waals surface area contributed by atoms with Crippen molar-refractivity contribution in [3.63, 3.8) is 0 Å². The Morgan fingerprint density at radius 2 is 1.96 bits per heavy atom. The molecule has 0 aliphatic heterocycles. The first-order valence-corrected chi connectivity index (χ1v) is 7.65. The molecule has 2 aromatic heterocycles. The van der Waals surface area contributed by atoms with Gasteiger partial charge in [-0.15, -0.1) is 0 Å². The summed E-state index contributed by atoms with van der Waals surface area (Å²) < 4.78 is 14.1. The van der Waals surface area contributed by atoms with E-state index < -0.39 is 5.95 Å².